The summed E-state index contributed by atoms with van der Waals surface area (Å²) in [4.78, 5) is 33.3. The molecule has 1 N–H and O–H groups in total. The topological polar surface area (TPSA) is 121 Å². The van der Waals surface area contributed by atoms with Crippen LogP contribution in [0.25, 0.3) is 0 Å². The second-order valence-electron chi connectivity index (χ2n) is 9.41. The Morgan fingerprint density at radius 2 is 1.85 bits per heavy atom. The number of amides is 1. The number of carbonyl (C=O) groups is 1. The molecule has 0 radical (unpaired) electrons. The van der Waals surface area contributed by atoms with Gasteiger partial charge in [0.05, 0.1) is 12.4 Å². The summed E-state index contributed by atoms with van der Waals surface area (Å²) in [6.45, 7) is 14.3. The predicted molar refractivity (Wildman–Crippen MR) is 153 cm³/mol. The van der Waals surface area contributed by atoms with E-state index in [1.165, 1.54) is 11.8 Å². The molecule has 2 heterocycles. The Hall–Kier alpha value is -3.25. The monoisotopic (exact) mass is 572 g/mol. The van der Waals surface area contributed by atoms with Crippen molar-refractivity contribution in [2.45, 2.75) is 77.9 Å². The normalized spacial score (nSPS) is 11.2. The maximum absolute atomic E-state index is 13.7. The summed E-state index contributed by atoms with van der Waals surface area (Å²) < 4.78 is 12.8. The van der Waals surface area contributed by atoms with Crippen molar-refractivity contribution in [3.8, 4) is 5.75 Å². The lowest BCUT2D eigenvalue weighted by atomic mass is 10.2. The minimum atomic E-state index is -0.268. The highest BCUT2D eigenvalue weighted by Crippen LogP contribution is 2.17. The van der Waals surface area contributed by atoms with Crippen LogP contribution in [-0.2, 0) is 30.1 Å². The maximum atomic E-state index is 13.7. The van der Waals surface area contributed by atoms with Crippen LogP contribution in [0.3, 0.4) is 0 Å². The van der Waals surface area contributed by atoms with Gasteiger partial charge < -0.3 is 19.0 Å². The van der Waals surface area contributed by atoms with Gasteiger partial charge in [0.15, 0.2) is 12.2 Å². The van der Waals surface area contributed by atoms with Crippen molar-refractivity contribution >= 4 is 17.7 Å². The third-order valence-electron chi connectivity index (χ3n) is 6.48. The summed E-state index contributed by atoms with van der Waals surface area (Å²) in [5.74, 6) is 1.99. The lowest BCUT2D eigenvalue weighted by Gasteiger charge is -2.26. The largest absolute Gasteiger partial charge is 0.494 e. The van der Waals surface area contributed by atoms with E-state index in [0.717, 1.165) is 43.8 Å². The van der Waals surface area contributed by atoms with E-state index in [0.29, 0.717) is 54.5 Å². The molecule has 218 valence electrons. The Morgan fingerprint density at radius 3 is 2.48 bits per heavy atom. The fourth-order valence-electron chi connectivity index (χ4n) is 4.01. The van der Waals surface area contributed by atoms with E-state index in [4.69, 9.17) is 9.15 Å². The van der Waals surface area contributed by atoms with Crippen molar-refractivity contribution in [1.82, 2.24) is 30.1 Å². The van der Waals surface area contributed by atoms with E-state index in [2.05, 4.69) is 46.0 Å². The van der Waals surface area contributed by atoms with Crippen molar-refractivity contribution in [2.75, 3.05) is 32.8 Å². The Labute approximate surface area is 240 Å². The molecule has 1 aromatic carbocycles. The van der Waals surface area contributed by atoms with E-state index in [1.807, 2.05) is 36.1 Å². The van der Waals surface area contributed by atoms with Crippen molar-refractivity contribution in [3.63, 3.8) is 0 Å². The number of aryl methyl sites for hydroxylation is 2. The van der Waals surface area contributed by atoms with E-state index in [9.17, 15) is 9.59 Å². The lowest BCUT2D eigenvalue weighted by molar-refractivity contribution is -0.782. The van der Waals surface area contributed by atoms with Crippen LogP contribution >= 0.6 is 11.8 Å². The molecule has 0 saturated carbocycles. The number of ether oxygens (including phenoxy) is 1. The van der Waals surface area contributed by atoms with Crippen LogP contribution < -0.4 is 15.0 Å². The van der Waals surface area contributed by atoms with Crippen molar-refractivity contribution < 1.29 is 18.6 Å². The average molecular weight is 573 g/mol. The van der Waals surface area contributed by atoms with Gasteiger partial charge in [-0.2, -0.15) is 4.98 Å². The summed E-state index contributed by atoms with van der Waals surface area (Å²) in [6, 6.07) is 7.93. The molecule has 1 amide bonds. The maximum Gasteiger partial charge on any atom is 0.357 e. The lowest BCUT2D eigenvalue weighted by Crippen LogP contribution is -2.52. The second kappa shape index (κ2) is 16.1. The first-order valence-corrected chi connectivity index (χ1v) is 15.0. The first-order valence-electron chi connectivity index (χ1n) is 14.0. The molecule has 12 heteroatoms. The Balaban J connectivity index is 1.79. The molecule has 0 aliphatic rings. The van der Waals surface area contributed by atoms with Crippen molar-refractivity contribution in [1.29, 1.82) is 0 Å². The number of aromatic nitrogens is 5. The van der Waals surface area contributed by atoms with Gasteiger partial charge in [-0.05, 0) is 55.4 Å². The molecular weight excluding hydrogens is 530 g/mol. The van der Waals surface area contributed by atoms with Gasteiger partial charge in [0.2, 0.25) is 11.8 Å². The summed E-state index contributed by atoms with van der Waals surface area (Å²) >= 11 is 1.30. The molecular formula is C28H42N7O4S+. The molecule has 0 atom stereocenters. The molecule has 0 fully saturated rings. The van der Waals surface area contributed by atoms with Gasteiger partial charge >= 0.3 is 10.7 Å². The third-order valence-corrected chi connectivity index (χ3v) is 7.45. The minimum Gasteiger partial charge on any atom is -0.494 e. The summed E-state index contributed by atoms with van der Waals surface area (Å²) in [7, 11) is 0. The number of carbonyl (C=O) groups excluding carboxylic acids is 1. The molecule has 0 spiro atoms. The van der Waals surface area contributed by atoms with Crippen LogP contribution in [0.15, 0.2) is 38.6 Å². The Bertz CT molecular complexity index is 1260. The molecule has 0 aliphatic heterocycles. The average Bonchev–Trinajstić information content (AvgIpc) is 3.38. The van der Waals surface area contributed by atoms with Crippen LogP contribution in [-0.4, -0.2) is 68.8 Å². The predicted octanol–water partition coefficient (Wildman–Crippen LogP) is 3.15. The Morgan fingerprint density at radius 1 is 1.10 bits per heavy atom. The molecule has 3 rings (SSSR count). The highest BCUT2D eigenvalue weighted by molar-refractivity contribution is 7.98. The quantitative estimate of drug-likeness (QED) is 0.148. The van der Waals surface area contributed by atoms with Crippen LogP contribution in [0.4, 0.5) is 0 Å². The number of hydrogen-bond donors (Lipinski definition) is 1. The molecule has 0 unspecified atom stereocenters. The van der Waals surface area contributed by atoms with Gasteiger partial charge in [-0.25, -0.2) is 4.79 Å². The molecule has 3 aromatic rings. The van der Waals surface area contributed by atoms with E-state index < -0.39 is 0 Å². The number of nitrogens with one attached hydrogen (secondary N) is 1. The zero-order chi connectivity index (χ0) is 28.9. The first kappa shape index (κ1) is 31.3. The first-order chi connectivity index (χ1) is 19.4. The van der Waals surface area contributed by atoms with Crippen LogP contribution in [0.1, 0.15) is 63.6 Å². The van der Waals surface area contributed by atoms with Crippen molar-refractivity contribution in [2.24, 2.45) is 0 Å². The molecule has 2 aromatic heterocycles. The number of likely N-dealkylation sites (N-methyl/N-ethyl adjacent to an activating group) is 1. The smallest absolute Gasteiger partial charge is 0.357 e. The van der Waals surface area contributed by atoms with Gasteiger partial charge in [-0.1, -0.05) is 51.3 Å². The van der Waals surface area contributed by atoms with E-state index >= 15 is 0 Å². The van der Waals surface area contributed by atoms with Gasteiger partial charge in [0.1, 0.15) is 5.75 Å². The zero-order valence-corrected chi connectivity index (χ0v) is 25.1. The summed E-state index contributed by atoms with van der Waals surface area (Å²) in [5, 5.41) is 12.9. The third kappa shape index (κ3) is 9.44. The number of unbranched alkanes of at least 4 members (excludes halogenated alkanes) is 1. The molecule has 11 nitrogen and oxygen atoms in total. The van der Waals surface area contributed by atoms with Gasteiger partial charge in [-0.15, -0.1) is 14.9 Å². The molecule has 0 aliphatic carbocycles. The minimum absolute atomic E-state index is 0.00850. The summed E-state index contributed by atoms with van der Waals surface area (Å²) in [6.07, 6.45) is 2.55. The number of H-pyrrole nitrogens is 1. The fourth-order valence-corrected chi connectivity index (χ4v) is 4.81. The van der Waals surface area contributed by atoms with E-state index in [1.54, 1.807) is 11.6 Å². The highest BCUT2D eigenvalue weighted by Gasteiger charge is 2.24. The van der Waals surface area contributed by atoms with E-state index in [-0.39, 0.29) is 18.0 Å². The number of rotatable bonds is 17. The number of nitrogens with zero attached hydrogens (tertiary/aromatic N) is 6. The van der Waals surface area contributed by atoms with Gasteiger partial charge in [0, 0.05) is 26.6 Å². The Kier molecular flexibility index (Phi) is 12.6. The molecule has 0 saturated heterocycles. The van der Waals surface area contributed by atoms with Crippen LogP contribution in [0, 0.1) is 6.92 Å². The van der Waals surface area contributed by atoms with Crippen molar-refractivity contribution in [3.05, 3.63) is 57.7 Å². The highest BCUT2D eigenvalue weighted by atomic mass is 32.2. The SMILES string of the molecule is CCCCOc1ccc(CN(CCN(CC)CC)C(=O)C[n+]2nc(CC)c(=O)[nH]c2SCc2nnc(C)o2)cc1. The molecule has 0 bridgehead atoms. The standard InChI is InChI=1S/C28H41N7O4S/c1-6-10-17-38-23-13-11-22(12-14-23)18-34(16-15-33(8-3)9-4)26(36)19-35-28(29-27(37)24(7-2)32-35)40-20-25-31-30-21(5)39-25/h11-14H,6-10,15-20H2,1-5H3/p+1. The number of benzene rings is 1. The van der Waals surface area contributed by atoms with Gasteiger partial charge in [0.25, 0.3) is 5.91 Å². The second-order valence-corrected chi connectivity index (χ2v) is 10.4. The number of aromatic amines is 1. The number of hydrogen-bond acceptors (Lipinski definition) is 9. The fraction of sp³-hybridized carbons (Fsp3) is 0.571. The van der Waals surface area contributed by atoms with Crippen LogP contribution in [0.5, 0.6) is 5.75 Å². The molecule has 40 heavy (non-hydrogen) atoms. The summed E-state index contributed by atoms with van der Waals surface area (Å²) in [5.41, 5.74) is 1.12. The van der Waals surface area contributed by atoms with Gasteiger partial charge in [-0.3, -0.25) is 4.79 Å². The zero-order valence-electron chi connectivity index (χ0n) is 24.3. The number of thioether (sulfide) groups is 1. The van der Waals surface area contributed by atoms with Crippen LogP contribution in [0.2, 0.25) is 0 Å².